The zero-order valence-electron chi connectivity index (χ0n) is 11.6. The summed E-state index contributed by atoms with van der Waals surface area (Å²) in [5.74, 6) is -0.118. The van der Waals surface area contributed by atoms with Crippen molar-refractivity contribution in [3.05, 3.63) is 60.3 Å². The molecule has 1 aromatic heterocycles. The third-order valence-corrected chi connectivity index (χ3v) is 3.37. The van der Waals surface area contributed by atoms with E-state index in [0.717, 1.165) is 22.3 Å². The molecule has 0 aliphatic carbocycles. The smallest absolute Gasteiger partial charge is 0.336 e. The second-order valence-corrected chi connectivity index (χ2v) is 4.66. The van der Waals surface area contributed by atoms with Crippen LogP contribution in [0.1, 0.15) is 17.3 Å². The molecule has 0 atom stereocenters. The van der Waals surface area contributed by atoms with Gasteiger partial charge >= 0.3 is 5.97 Å². The fourth-order valence-electron chi connectivity index (χ4n) is 2.47. The van der Waals surface area contributed by atoms with Crippen molar-refractivity contribution < 1.29 is 14.6 Å². The average Bonchev–Trinajstić information content (AvgIpc) is 2.91. The minimum atomic E-state index is -0.915. The normalized spacial score (nSPS) is 10.7. The van der Waals surface area contributed by atoms with Crippen LogP contribution in [0, 0.1) is 0 Å². The van der Waals surface area contributed by atoms with Crippen molar-refractivity contribution in [2.75, 3.05) is 6.61 Å². The number of aromatic nitrogens is 1. The zero-order chi connectivity index (χ0) is 14.8. The second-order valence-electron chi connectivity index (χ2n) is 4.66. The van der Waals surface area contributed by atoms with Crippen molar-refractivity contribution in [1.29, 1.82) is 0 Å². The van der Waals surface area contributed by atoms with Gasteiger partial charge in [0.1, 0.15) is 5.75 Å². The maximum absolute atomic E-state index is 11.3. The Kier molecular flexibility index (Phi) is 3.36. The molecule has 1 N–H and O–H groups in total. The van der Waals surface area contributed by atoms with Gasteiger partial charge in [-0.25, -0.2) is 4.79 Å². The molecule has 0 spiro atoms. The summed E-state index contributed by atoms with van der Waals surface area (Å²) in [6.07, 6.45) is 1.88. The Balaban J connectivity index is 2.15. The predicted molar refractivity (Wildman–Crippen MR) is 81.4 cm³/mol. The van der Waals surface area contributed by atoms with Crippen LogP contribution in [0.25, 0.3) is 16.6 Å². The van der Waals surface area contributed by atoms with E-state index >= 15 is 0 Å². The van der Waals surface area contributed by atoms with Crippen LogP contribution in [0.2, 0.25) is 0 Å². The van der Waals surface area contributed by atoms with E-state index in [1.165, 1.54) is 0 Å². The Morgan fingerprint density at radius 1 is 1.19 bits per heavy atom. The molecule has 0 radical (unpaired) electrons. The van der Waals surface area contributed by atoms with E-state index in [-0.39, 0.29) is 0 Å². The van der Waals surface area contributed by atoms with Gasteiger partial charge in [0.2, 0.25) is 0 Å². The first-order valence-electron chi connectivity index (χ1n) is 6.77. The van der Waals surface area contributed by atoms with Crippen molar-refractivity contribution in [1.82, 2.24) is 4.57 Å². The van der Waals surface area contributed by atoms with Crippen molar-refractivity contribution in [3.63, 3.8) is 0 Å². The van der Waals surface area contributed by atoms with Gasteiger partial charge in [-0.1, -0.05) is 12.1 Å². The summed E-state index contributed by atoms with van der Waals surface area (Å²) in [6.45, 7) is 2.55. The third kappa shape index (κ3) is 2.36. The molecule has 0 saturated heterocycles. The van der Waals surface area contributed by atoms with Gasteiger partial charge in [0, 0.05) is 23.3 Å². The van der Waals surface area contributed by atoms with Crippen LogP contribution in [0.4, 0.5) is 0 Å². The highest BCUT2D eigenvalue weighted by atomic mass is 16.5. The molecule has 4 heteroatoms. The molecule has 3 rings (SSSR count). The van der Waals surface area contributed by atoms with Crippen LogP contribution < -0.4 is 4.74 Å². The number of rotatable bonds is 4. The lowest BCUT2D eigenvalue weighted by Crippen LogP contribution is -1.98. The van der Waals surface area contributed by atoms with Crippen LogP contribution in [-0.4, -0.2) is 22.2 Å². The molecule has 0 bridgehead atoms. The highest BCUT2D eigenvalue weighted by molar-refractivity contribution is 6.03. The maximum Gasteiger partial charge on any atom is 0.336 e. The number of hydrogen-bond donors (Lipinski definition) is 1. The van der Waals surface area contributed by atoms with Crippen molar-refractivity contribution in [2.45, 2.75) is 6.92 Å². The van der Waals surface area contributed by atoms with E-state index in [9.17, 15) is 9.90 Å². The second kappa shape index (κ2) is 5.32. The number of fused-ring (bicyclic) bond motifs is 1. The fourth-order valence-corrected chi connectivity index (χ4v) is 2.47. The molecule has 2 aromatic carbocycles. The molecule has 0 aliphatic rings. The standard InChI is InChI=1S/C17H15NO3/c1-2-21-13-6-3-5-12(11-13)18-10-9-14-15(17(19)20)7-4-8-16(14)18/h3-11H,2H2,1H3,(H,19,20). The van der Waals surface area contributed by atoms with Crippen molar-refractivity contribution in [2.24, 2.45) is 0 Å². The highest BCUT2D eigenvalue weighted by Crippen LogP contribution is 2.25. The molecule has 0 saturated carbocycles. The lowest BCUT2D eigenvalue weighted by molar-refractivity contribution is 0.0699. The number of carbonyl (C=O) groups is 1. The van der Waals surface area contributed by atoms with Gasteiger partial charge in [0.25, 0.3) is 0 Å². The van der Waals surface area contributed by atoms with Gasteiger partial charge < -0.3 is 14.4 Å². The summed E-state index contributed by atoms with van der Waals surface area (Å²) in [5.41, 5.74) is 2.12. The van der Waals surface area contributed by atoms with Gasteiger partial charge in [-0.2, -0.15) is 0 Å². The Morgan fingerprint density at radius 3 is 2.76 bits per heavy atom. The molecule has 0 amide bonds. The number of nitrogens with zero attached hydrogens (tertiary/aromatic N) is 1. The third-order valence-electron chi connectivity index (χ3n) is 3.37. The Morgan fingerprint density at radius 2 is 2.00 bits per heavy atom. The quantitative estimate of drug-likeness (QED) is 0.792. The van der Waals surface area contributed by atoms with Gasteiger partial charge in [0.15, 0.2) is 0 Å². The largest absolute Gasteiger partial charge is 0.494 e. The number of ether oxygens (including phenoxy) is 1. The Bertz CT molecular complexity index is 805. The van der Waals surface area contributed by atoms with Gasteiger partial charge in [-0.3, -0.25) is 0 Å². The first kappa shape index (κ1) is 13.2. The summed E-state index contributed by atoms with van der Waals surface area (Å²) in [5, 5.41) is 9.98. The van der Waals surface area contributed by atoms with Gasteiger partial charge in [-0.15, -0.1) is 0 Å². The highest BCUT2D eigenvalue weighted by Gasteiger charge is 2.11. The Hall–Kier alpha value is -2.75. The molecule has 106 valence electrons. The molecular weight excluding hydrogens is 266 g/mol. The summed E-state index contributed by atoms with van der Waals surface area (Å²) in [6, 6.07) is 14.8. The van der Waals surface area contributed by atoms with E-state index in [1.54, 1.807) is 12.1 Å². The number of benzene rings is 2. The lowest BCUT2D eigenvalue weighted by atomic mass is 10.1. The molecular formula is C17H15NO3. The average molecular weight is 281 g/mol. The zero-order valence-corrected chi connectivity index (χ0v) is 11.6. The molecule has 0 fully saturated rings. The van der Waals surface area contributed by atoms with E-state index < -0.39 is 5.97 Å². The summed E-state index contributed by atoms with van der Waals surface area (Å²) in [4.78, 5) is 11.3. The monoisotopic (exact) mass is 281 g/mol. The molecule has 1 heterocycles. The van der Waals surface area contributed by atoms with Crippen LogP contribution in [-0.2, 0) is 0 Å². The first-order valence-corrected chi connectivity index (χ1v) is 6.77. The van der Waals surface area contributed by atoms with E-state index in [2.05, 4.69) is 0 Å². The van der Waals surface area contributed by atoms with Gasteiger partial charge in [0.05, 0.1) is 17.7 Å². The van der Waals surface area contributed by atoms with Crippen LogP contribution in [0.3, 0.4) is 0 Å². The molecule has 4 nitrogen and oxygen atoms in total. The lowest BCUT2D eigenvalue weighted by Gasteiger charge is -2.09. The van der Waals surface area contributed by atoms with E-state index in [4.69, 9.17) is 4.74 Å². The predicted octanol–water partition coefficient (Wildman–Crippen LogP) is 3.73. The van der Waals surface area contributed by atoms with Crippen molar-refractivity contribution in [3.8, 4) is 11.4 Å². The minimum absolute atomic E-state index is 0.312. The molecule has 0 aliphatic heterocycles. The topological polar surface area (TPSA) is 51.5 Å². The summed E-state index contributed by atoms with van der Waals surface area (Å²) in [7, 11) is 0. The van der Waals surface area contributed by atoms with Gasteiger partial charge in [-0.05, 0) is 37.3 Å². The van der Waals surface area contributed by atoms with E-state index in [1.807, 2.05) is 54.1 Å². The fraction of sp³-hybridized carbons (Fsp3) is 0.118. The number of carboxylic acids is 1. The number of carboxylic acid groups (broad SMARTS) is 1. The maximum atomic E-state index is 11.3. The number of aromatic carboxylic acids is 1. The summed E-state index contributed by atoms with van der Waals surface area (Å²) < 4.78 is 7.47. The van der Waals surface area contributed by atoms with Crippen LogP contribution >= 0.6 is 0 Å². The molecule has 3 aromatic rings. The minimum Gasteiger partial charge on any atom is -0.494 e. The van der Waals surface area contributed by atoms with Crippen LogP contribution in [0.5, 0.6) is 5.75 Å². The van der Waals surface area contributed by atoms with Crippen LogP contribution in [0.15, 0.2) is 54.7 Å². The van der Waals surface area contributed by atoms with Crippen molar-refractivity contribution >= 4 is 16.9 Å². The first-order chi connectivity index (χ1) is 10.2. The summed E-state index contributed by atoms with van der Waals surface area (Å²) >= 11 is 0. The molecule has 0 unspecified atom stereocenters. The number of hydrogen-bond acceptors (Lipinski definition) is 2. The SMILES string of the molecule is CCOc1cccc(-n2ccc3c(C(=O)O)cccc32)c1. The van der Waals surface area contributed by atoms with E-state index in [0.29, 0.717) is 12.2 Å². The Labute approximate surface area is 122 Å². The molecule has 21 heavy (non-hydrogen) atoms.